The SMILES string of the molecule is COc1ccc(Cl)cc1C(=O)N[C@@H](C)C(C)(C)C. The van der Waals surface area contributed by atoms with Gasteiger partial charge in [-0.2, -0.15) is 0 Å². The van der Waals surface area contributed by atoms with Crippen molar-refractivity contribution in [3.8, 4) is 5.75 Å². The van der Waals surface area contributed by atoms with E-state index in [0.29, 0.717) is 16.3 Å². The first kappa shape index (κ1) is 14.8. The fraction of sp³-hybridized carbons (Fsp3) is 0.500. The lowest BCUT2D eigenvalue weighted by atomic mass is 9.88. The van der Waals surface area contributed by atoms with E-state index in [-0.39, 0.29) is 17.4 Å². The Morgan fingerprint density at radius 2 is 2.00 bits per heavy atom. The van der Waals surface area contributed by atoms with Crippen LogP contribution >= 0.6 is 11.6 Å². The maximum Gasteiger partial charge on any atom is 0.255 e. The third-order valence-electron chi connectivity index (χ3n) is 3.05. The summed E-state index contributed by atoms with van der Waals surface area (Å²) in [6, 6.07) is 5.06. The minimum Gasteiger partial charge on any atom is -0.496 e. The first-order chi connectivity index (χ1) is 8.25. The molecule has 1 aromatic carbocycles. The Hall–Kier alpha value is -1.22. The molecule has 0 saturated heterocycles. The molecular weight excluding hydrogens is 250 g/mol. The molecule has 1 N–H and O–H groups in total. The second kappa shape index (κ2) is 5.61. The lowest BCUT2D eigenvalue weighted by Gasteiger charge is -2.28. The van der Waals surface area contributed by atoms with Gasteiger partial charge in [-0.1, -0.05) is 32.4 Å². The average molecular weight is 270 g/mol. The Labute approximate surface area is 113 Å². The zero-order valence-electron chi connectivity index (χ0n) is 11.5. The molecule has 1 amide bonds. The van der Waals surface area contributed by atoms with Crippen LogP contribution in [0.3, 0.4) is 0 Å². The van der Waals surface area contributed by atoms with Crippen LogP contribution in [0.25, 0.3) is 0 Å². The molecule has 3 nitrogen and oxygen atoms in total. The van der Waals surface area contributed by atoms with Crippen molar-refractivity contribution in [1.82, 2.24) is 5.32 Å². The minimum atomic E-state index is -0.170. The molecule has 0 bridgehead atoms. The number of hydrogen-bond donors (Lipinski definition) is 1. The molecule has 4 heteroatoms. The van der Waals surface area contributed by atoms with Crippen molar-refractivity contribution < 1.29 is 9.53 Å². The largest absolute Gasteiger partial charge is 0.496 e. The van der Waals surface area contributed by atoms with Crippen molar-refractivity contribution in [2.24, 2.45) is 5.41 Å². The van der Waals surface area contributed by atoms with Crippen molar-refractivity contribution >= 4 is 17.5 Å². The van der Waals surface area contributed by atoms with E-state index < -0.39 is 0 Å². The summed E-state index contributed by atoms with van der Waals surface area (Å²) in [4.78, 5) is 12.2. The minimum absolute atomic E-state index is 0.00146. The predicted octanol–water partition coefficient (Wildman–Crippen LogP) is 3.51. The summed E-state index contributed by atoms with van der Waals surface area (Å²) in [5.74, 6) is 0.356. The standard InChI is InChI=1S/C14H20ClNO2/c1-9(14(2,3)4)16-13(17)11-8-10(15)6-7-12(11)18-5/h6-9H,1-5H3,(H,16,17)/t9-/m0/s1. The Morgan fingerprint density at radius 3 is 2.50 bits per heavy atom. The molecule has 1 atom stereocenters. The van der Waals surface area contributed by atoms with E-state index >= 15 is 0 Å². The molecule has 0 spiro atoms. The molecule has 0 aromatic heterocycles. The third kappa shape index (κ3) is 3.64. The van der Waals surface area contributed by atoms with Gasteiger partial charge in [0.15, 0.2) is 0 Å². The molecule has 0 aliphatic heterocycles. The van der Waals surface area contributed by atoms with Crippen molar-refractivity contribution in [2.75, 3.05) is 7.11 Å². The molecule has 0 aliphatic carbocycles. The molecule has 1 aromatic rings. The molecule has 0 aliphatic rings. The molecular formula is C14H20ClNO2. The molecule has 0 radical (unpaired) electrons. The van der Waals surface area contributed by atoms with Crippen molar-refractivity contribution in [3.05, 3.63) is 28.8 Å². The zero-order valence-corrected chi connectivity index (χ0v) is 12.3. The summed E-state index contributed by atoms with van der Waals surface area (Å²) in [6.07, 6.45) is 0. The number of amides is 1. The molecule has 0 unspecified atom stereocenters. The summed E-state index contributed by atoms with van der Waals surface area (Å²) in [5.41, 5.74) is 0.461. The van der Waals surface area contributed by atoms with Gasteiger partial charge >= 0.3 is 0 Å². The van der Waals surface area contributed by atoms with Gasteiger partial charge in [-0.3, -0.25) is 4.79 Å². The van der Waals surface area contributed by atoms with Gasteiger partial charge in [-0.25, -0.2) is 0 Å². The molecule has 18 heavy (non-hydrogen) atoms. The molecule has 0 saturated carbocycles. The van der Waals surface area contributed by atoms with Gasteiger partial charge in [0.1, 0.15) is 5.75 Å². The number of rotatable bonds is 3. The monoisotopic (exact) mass is 269 g/mol. The fourth-order valence-electron chi connectivity index (χ4n) is 1.35. The van der Waals surface area contributed by atoms with Gasteiger partial charge in [-0.05, 0) is 30.5 Å². The van der Waals surface area contributed by atoms with Gasteiger partial charge < -0.3 is 10.1 Å². The normalized spacial score (nSPS) is 13.0. The van der Waals surface area contributed by atoms with E-state index in [1.54, 1.807) is 18.2 Å². The quantitative estimate of drug-likeness (QED) is 0.912. The molecule has 0 fully saturated rings. The van der Waals surface area contributed by atoms with Crippen LogP contribution < -0.4 is 10.1 Å². The Balaban J connectivity index is 2.94. The van der Waals surface area contributed by atoms with E-state index in [9.17, 15) is 4.79 Å². The fourth-order valence-corrected chi connectivity index (χ4v) is 1.52. The smallest absolute Gasteiger partial charge is 0.255 e. The highest BCUT2D eigenvalue weighted by atomic mass is 35.5. The highest BCUT2D eigenvalue weighted by Gasteiger charge is 2.23. The molecule has 0 heterocycles. The van der Waals surface area contributed by atoms with Crippen LogP contribution in [0.15, 0.2) is 18.2 Å². The van der Waals surface area contributed by atoms with Gasteiger partial charge in [0.2, 0.25) is 0 Å². The Bertz CT molecular complexity index is 438. The van der Waals surface area contributed by atoms with Crippen LogP contribution in [0, 0.1) is 5.41 Å². The van der Waals surface area contributed by atoms with E-state index in [1.165, 1.54) is 7.11 Å². The first-order valence-corrected chi connectivity index (χ1v) is 6.28. The number of methoxy groups -OCH3 is 1. The predicted molar refractivity (Wildman–Crippen MR) is 74.4 cm³/mol. The van der Waals surface area contributed by atoms with Gasteiger partial charge in [0, 0.05) is 11.1 Å². The van der Waals surface area contributed by atoms with Crippen LogP contribution in [0.4, 0.5) is 0 Å². The summed E-state index contributed by atoms with van der Waals surface area (Å²) in [6.45, 7) is 8.21. The lowest BCUT2D eigenvalue weighted by Crippen LogP contribution is -2.41. The highest BCUT2D eigenvalue weighted by Crippen LogP contribution is 2.24. The van der Waals surface area contributed by atoms with Gasteiger partial charge in [0.25, 0.3) is 5.91 Å². The second-order valence-corrected chi connectivity index (χ2v) is 5.84. The van der Waals surface area contributed by atoms with Gasteiger partial charge in [0.05, 0.1) is 12.7 Å². The number of nitrogens with one attached hydrogen (secondary N) is 1. The third-order valence-corrected chi connectivity index (χ3v) is 3.29. The number of ether oxygens (including phenoxy) is 1. The van der Waals surface area contributed by atoms with Gasteiger partial charge in [-0.15, -0.1) is 0 Å². The number of benzene rings is 1. The summed E-state index contributed by atoms with van der Waals surface area (Å²) in [5, 5.41) is 3.48. The summed E-state index contributed by atoms with van der Waals surface area (Å²) < 4.78 is 5.17. The molecule has 1 rings (SSSR count). The number of hydrogen-bond acceptors (Lipinski definition) is 2. The van der Waals surface area contributed by atoms with E-state index in [1.807, 2.05) is 6.92 Å². The first-order valence-electron chi connectivity index (χ1n) is 5.90. The van der Waals surface area contributed by atoms with E-state index in [0.717, 1.165) is 0 Å². The Kier molecular flexibility index (Phi) is 4.63. The Morgan fingerprint density at radius 1 is 1.39 bits per heavy atom. The number of halogens is 1. The van der Waals surface area contributed by atoms with Crippen LogP contribution in [0.1, 0.15) is 38.1 Å². The highest BCUT2D eigenvalue weighted by molar-refractivity contribution is 6.31. The number of carbonyl (C=O) groups is 1. The maximum absolute atomic E-state index is 12.2. The van der Waals surface area contributed by atoms with Crippen molar-refractivity contribution in [2.45, 2.75) is 33.7 Å². The van der Waals surface area contributed by atoms with Crippen LogP contribution in [0.5, 0.6) is 5.75 Å². The van der Waals surface area contributed by atoms with Crippen LogP contribution in [0.2, 0.25) is 5.02 Å². The second-order valence-electron chi connectivity index (χ2n) is 5.41. The van der Waals surface area contributed by atoms with E-state index in [4.69, 9.17) is 16.3 Å². The lowest BCUT2D eigenvalue weighted by molar-refractivity contribution is 0.0907. The summed E-state index contributed by atoms with van der Waals surface area (Å²) >= 11 is 5.91. The van der Waals surface area contributed by atoms with Crippen molar-refractivity contribution in [1.29, 1.82) is 0 Å². The maximum atomic E-state index is 12.2. The summed E-state index contributed by atoms with van der Waals surface area (Å²) in [7, 11) is 1.53. The molecule has 100 valence electrons. The zero-order chi connectivity index (χ0) is 13.9. The van der Waals surface area contributed by atoms with Crippen molar-refractivity contribution in [3.63, 3.8) is 0 Å². The van der Waals surface area contributed by atoms with E-state index in [2.05, 4.69) is 26.1 Å². The average Bonchev–Trinajstić information content (AvgIpc) is 2.27. The van der Waals surface area contributed by atoms with Crippen LogP contribution in [-0.4, -0.2) is 19.1 Å². The van der Waals surface area contributed by atoms with Crippen LogP contribution in [-0.2, 0) is 0 Å². The topological polar surface area (TPSA) is 38.3 Å². The number of carbonyl (C=O) groups excluding carboxylic acids is 1.